The highest BCUT2D eigenvalue weighted by molar-refractivity contribution is 5.03. The lowest BCUT2D eigenvalue weighted by Gasteiger charge is -2.46. The highest BCUT2D eigenvalue weighted by Gasteiger charge is 2.45. The number of rotatable bonds is 4. The first-order valence-corrected chi connectivity index (χ1v) is 8.28. The van der Waals surface area contributed by atoms with Crippen molar-refractivity contribution in [2.24, 2.45) is 5.92 Å². The second-order valence-corrected chi connectivity index (χ2v) is 7.17. The van der Waals surface area contributed by atoms with Crippen LogP contribution in [0.4, 0.5) is 0 Å². The second kappa shape index (κ2) is 5.71. The fourth-order valence-electron chi connectivity index (χ4n) is 3.78. The summed E-state index contributed by atoms with van der Waals surface area (Å²) in [6.07, 6.45) is 8.52. The summed E-state index contributed by atoms with van der Waals surface area (Å²) in [7, 11) is 0. The molecule has 3 rings (SSSR count). The van der Waals surface area contributed by atoms with Gasteiger partial charge in [-0.3, -0.25) is 4.90 Å². The van der Waals surface area contributed by atoms with Crippen molar-refractivity contribution in [3.05, 3.63) is 0 Å². The second-order valence-electron chi connectivity index (χ2n) is 7.17. The molecule has 0 spiro atoms. The minimum Gasteiger partial charge on any atom is -0.378 e. The van der Waals surface area contributed by atoms with Crippen LogP contribution in [0.5, 0.6) is 0 Å². The Bertz CT molecular complexity index is 299. The van der Waals surface area contributed by atoms with Crippen LogP contribution in [-0.2, 0) is 4.74 Å². The van der Waals surface area contributed by atoms with E-state index in [1.807, 2.05) is 0 Å². The largest absolute Gasteiger partial charge is 0.378 e. The number of hydrogen-bond donors (Lipinski definition) is 1. The third-order valence-electron chi connectivity index (χ3n) is 5.45. The minimum atomic E-state index is 0.375. The van der Waals surface area contributed by atoms with Crippen molar-refractivity contribution in [2.45, 2.75) is 70.1 Å². The zero-order chi connectivity index (χ0) is 13.3. The van der Waals surface area contributed by atoms with Gasteiger partial charge in [-0.25, -0.2) is 0 Å². The highest BCUT2D eigenvalue weighted by atomic mass is 16.5. The highest BCUT2D eigenvalue weighted by Crippen LogP contribution is 2.41. The number of piperazine rings is 1. The van der Waals surface area contributed by atoms with Gasteiger partial charge in [0.2, 0.25) is 0 Å². The molecule has 3 atom stereocenters. The molecule has 3 unspecified atom stereocenters. The van der Waals surface area contributed by atoms with Gasteiger partial charge in [-0.15, -0.1) is 0 Å². The Morgan fingerprint density at radius 2 is 2.11 bits per heavy atom. The van der Waals surface area contributed by atoms with E-state index in [2.05, 4.69) is 24.1 Å². The quantitative estimate of drug-likeness (QED) is 0.845. The van der Waals surface area contributed by atoms with Gasteiger partial charge >= 0.3 is 0 Å². The van der Waals surface area contributed by atoms with E-state index in [0.29, 0.717) is 17.7 Å². The molecule has 2 saturated heterocycles. The van der Waals surface area contributed by atoms with Gasteiger partial charge in [0.1, 0.15) is 0 Å². The first-order valence-electron chi connectivity index (χ1n) is 8.28. The van der Waals surface area contributed by atoms with Crippen LogP contribution in [-0.4, -0.2) is 48.8 Å². The van der Waals surface area contributed by atoms with Crippen molar-refractivity contribution < 1.29 is 4.74 Å². The van der Waals surface area contributed by atoms with Crippen molar-refractivity contribution >= 4 is 0 Å². The molecule has 0 aromatic heterocycles. The standard InChI is InChI=1S/C16H30N2O/c1-13-11-17-16(2,14-6-7-14)12-18(13)9-8-15-5-3-4-10-19-15/h13-15,17H,3-12H2,1-2H3. The molecule has 1 saturated carbocycles. The van der Waals surface area contributed by atoms with Crippen molar-refractivity contribution in [3.63, 3.8) is 0 Å². The topological polar surface area (TPSA) is 24.5 Å². The first-order chi connectivity index (χ1) is 9.17. The molecule has 0 amide bonds. The van der Waals surface area contributed by atoms with Gasteiger partial charge in [0, 0.05) is 37.8 Å². The molecule has 3 heteroatoms. The molecule has 2 heterocycles. The molecule has 0 bridgehead atoms. The summed E-state index contributed by atoms with van der Waals surface area (Å²) < 4.78 is 5.87. The minimum absolute atomic E-state index is 0.375. The molecule has 19 heavy (non-hydrogen) atoms. The zero-order valence-electron chi connectivity index (χ0n) is 12.7. The maximum Gasteiger partial charge on any atom is 0.0587 e. The van der Waals surface area contributed by atoms with Crippen LogP contribution >= 0.6 is 0 Å². The normalized spacial score (nSPS) is 41.4. The Morgan fingerprint density at radius 1 is 1.26 bits per heavy atom. The monoisotopic (exact) mass is 266 g/mol. The lowest BCUT2D eigenvalue weighted by atomic mass is 9.91. The van der Waals surface area contributed by atoms with E-state index in [0.717, 1.165) is 19.1 Å². The summed E-state index contributed by atoms with van der Waals surface area (Å²) in [6.45, 7) is 9.38. The summed E-state index contributed by atoms with van der Waals surface area (Å²) in [6, 6.07) is 0.676. The fraction of sp³-hybridized carbons (Fsp3) is 1.00. The Balaban J connectivity index is 1.50. The molecule has 0 radical (unpaired) electrons. The molecular weight excluding hydrogens is 236 g/mol. The Labute approximate surface area is 118 Å². The van der Waals surface area contributed by atoms with Gasteiger partial charge in [0.25, 0.3) is 0 Å². The average Bonchev–Trinajstić information content (AvgIpc) is 3.26. The number of nitrogens with one attached hydrogen (secondary N) is 1. The lowest BCUT2D eigenvalue weighted by Crippen LogP contribution is -2.63. The van der Waals surface area contributed by atoms with Crippen molar-refractivity contribution in [1.82, 2.24) is 10.2 Å². The number of nitrogens with zero attached hydrogens (tertiary/aromatic N) is 1. The molecule has 3 fully saturated rings. The van der Waals surface area contributed by atoms with E-state index in [-0.39, 0.29) is 0 Å². The van der Waals surface area contributed by atoms with E-state index < -0.39 is 0 Å². The number of ether oxygens (including phenoxy) is 1. The van der Waals surface area contributed by atoms with Gasteiger partial charge in [0.15, 0.2) is 0 Å². The van der Waals surface area contributed by atoms with E-state index in [9.17, 15) is 0 Å². The first kappa shape index (κ1) is 13.8. The SMILES string of the molecule is CC1CNC(C)(C2CC2)CN1CCC1CCCCO1. The third kappa shape index (κ3) is 3.32. The van der Waals surface area contributed by atoms with E-state index >= 15 is 0 Å². The predicted octanol–water partition coefficient (Wildman–Crippen LogP) is 2.41. The Kier molecular flexibility index (Phi) is 4.16. The van der Waals surface area contributed by atoms with Crippen LogP contribution in [0.25, 0.3) is 0 Å². The smallest absolute Gasteiger partial charge is 0.0587 e. The van der Waals surface area contributed by atoms with Gasteiger partial charge in [-0.05, 0) is 58.3 Å². The molecule has 110 valence electrons. The summed E-state index contributed by atoms with van der Waals surface area (Å²) in [4.78, 5) is 2.70. The van der Waals surface area contributed by atoms with E-state index in [4.69, 9.17) is 4.74 Å². The van der Waals surface area contributed by atoms with Crippen molar-refractivity contribution in [2.75, 3.05) is 26.2 Å². The van der Waals surface area contributed by atoms with Gasteiger partial charge in [-0.2, -0.15) is 0 Å². The average molecular weight is 266 g/mol. The van der Waals surface area contributed by atoms with E-state index in [1.165, 1.54) is 51.6 Å². The van der Waals surface area contributed by atoms with Crippen LogP contribution in [0.3, 0.4) is 0 Å². The van der Waals surface area contributed by atoms with Crippen LogP contribution in [0, 0.1) is 5.92 Å². The van der Waals surface area contributed by atoms with Gasteiger partial charge in [-0.1, -0.05) is 0 Å². The summed E-state index contributed by atoms with van der Waals surface area (Å²) >= 11 is 0. The van der Waals surface area contributed by atoms with E-state index in [1.54, 1.807) is 0 Å². The zero-order valence-corrected chi connectivity index (χ0v) is 12.7. The van der Waals surface area contributed by atoms with Crippen molar-refractivity contribution in [1.29, 1.82) is 0 Å². The summed E-state index contributed by atoms with van der Waals surface area (Å²) in [5, 5.41) is 3.80. The van der Waals surface area contributed by atoms with Crippen molar-refractivity contribution in [3.8, 4) is 0 Å². The van der Waals surface area contributed by atoms with Gasteiger partial charge < -0.3 is 10.1 Å². The molecule has 1 aliphatic carbocycles. The molecule has 0 aromatic carbocycles. The molecule has 3 nitrogen and oxygen atoms in total. The van der Waals surface area contributed by atoms with Crippen LogP contribution in [0.15, 0.2) is 0 Å². The van der Waals surface area contributed by atoms with Crippen LogP contribution < -0.4 is 5.32 Å². The Hall–Kier alpha value is -0.120. The Morgan fingerprint density at radius 3 is 2.79 bits per heavy atom. The predicted molar refractivity (Wildman–Crippen MR) is 78.4 cm³/mol. The lowest BCUT2D eigenvalue weighted by molar-refractivity contribution is -0.00364. The fourth-order valence-corrected chi connectivity index (χ4v) is 3.78. The van der Waals surface area contributed by atoms with Crippen LogP contribution in [0.1, 0.15) is 52.4 Å². The molecule has 1 N–H and O–H groups in total. The summed E-state index contributed by atoms with van der Waals surface area (Å²) in [5.41, 5.74) is 0.375. The molecule has 2 aliphatic heterocycles. The summed E-state index contributed by atoms with van der Waals surface area (Å²) in [5.74, 6) is 0.924. The maximum atomic E-state index is 5.87. The molecule has 0 aromatic rings. The third-order valence-corrected chi connectivity index (χ3v) is 5.45. The van der Waals surface area contributed by atoms with Gasteiger partial charge in [0.05, 0.1) is 6.10 Å². The maximum absolute atomic E-state index is 5.87. The van der Waals surface area contributed by atoms with Crippen LogP contribution in [0.2, 0.25) is 0 Å². The molecular formula is C16H30N2O. The number of hydrogen-bond acceptors (Lipinski definition) is 3. The molecule has 3 aliphatic rings.